The summed E-state index contributed by atoms with van der Waals surface area (Å²) in [5.74, 6) is 0.860. The minimum atomic E-state index is 0.860. The number of nitrogens with one attached hydrogen (secondary N) is 1. The van der Waals surface area contributed by atoms with Gasteiger partial charge in [0.2, 0.25) is 0 Å². The van der Waals surface area contributed by atoms with Gasteiger partial charge in [0.05, 0.1) is 4.47 Å². The van der Waals surface area contributed by atoms with Crippen LogP contribution in [-0.2, 0) is 0 Å². The van der Waals surface area contributed by atoms with Crippen molar-refractivity contribution in [1.29, 1.82) is 0 Å². The molecule has 1 aromatic carbocycles. The van der Waals surface area contributed by atoms with Crippen molar-refractivity contribution < 1.29 is 0 Å². The second-order valence-electron chi connectivity index (χ2n) is 4.23. The van der Waals surface area contributed by atoms with Crippen LogP contribution in [0.1, 0.15) is 16.7 Å². The van der Waals surface area contributed by atoms with Gasteiger partial charge in [-0.05, 0) is 65.5 Å². The zero-order valence-corrected chi connectivity index (χ0v) is 11.8. The Balaban J connectivity index is 2.38. The van der Waals surface area contributed by atoms with E-state index < -0.39 is 0 Å². The standard InChI is InChI=1S/C14H15BrN2/c1-9-4-5-10(2)12(8-9)17-14-13(15)11(3)6-7-16-14/h4-8H,1-3H3,(H,16,17). The van der Waals surface area contributed by atoms with Crippen molar-refractivity contribution in [3.05, 3.63) is 51.6 Å². The Hall–Kier alpha value is -1.35. The molecule has 0 atom stereocenters. The van der Waals surface area contributed by atoms with E-state index in [9.17, 15) is 0 Å². The number of hydrogen-bond acceptors (Lipinski definition) is 2. The van der Waals surface area contributed by atoms with Crippen molar-refractivity contribution in [2.45, 2.75) is 20.8 Å². The van der Waals surface area contributed by atoms with Gasteiger partial charge in [-0.2, -0.15) is 0 Å². The first-order chi connectivity index (χ1) is 8.08. The van der Waals surface area contributed by atoms with Crippen LogP contribution in [0.4, 0.5) is 11.5 Å². The molecule has 0 unspecified atom stereocenters. The minimum Gasteiger partial charge on any atom is -0.339 e. The Morgan fingerprint density at radius 1 is 1.06 bits per heavy atom. The summed E-state index contributed by atoms with van der Waals surface area (Å²) >= 11 is 3.56. The fourth-order valence-electron chi connectivity index (χ4n) is 1.63. The van der Waals surface area contributed by atoms with Crippen molar-refractivity contribution in [3.8, 4) is 0 Å². The molecule has 0 radical (unpaired) electrons. The summed E-state index contributed by atoms with van der Waals surface area (Å²) < 4.78 is 1.01. The minimum absolute atomic E-state index is 0.860. The molecule has 17 heavy (non-hydrogen) atoms. The molecule has 3 heteroatoms. The summed E-state index contributed by atoms with van der Waals surface area (Å²) in [5.41, 5.74) is 4.73. The molecular formula is C14H15BrN2. The van der Waals surface area contributed by atoms with Gasteiger partial charge in [0, 0.05) is 11.9 Å². The van der Waals surface area contributed by atoms with Crippen molar-refractivity contribution >= 4 is 27.4 Å². The Bertz CT molecular complexity index is 550. The summed E-state index contributed by atoms with van der Waals surface area (Å²) in [6.07, 6.45) is 1.81. The van der Waals surface area contributed by atoms with Crippen LogP contribution in [0.25, 0.3) is 0 Å². The number of anilines is 2. The number of pyridine rings is 1. The highest BCUT2D eigenvalue weighted by molar-refractivity contribution is 9.10. The molecule has 1 N–H and O–H groups in total. The van der Waals surface area contributed by atoms with Crippen molar-refractivity contribution in [2.24, 2.45) is 0 Å². The lowest BCUT2D eigenvalue weighted by molar-refractivity contribution is 1.24. The van der Waals surface area contributed by atoms with E-state index in [1.807, 2.05) is 12.3 Å². The van der Waals surface area contributed by atoms with E-state index in [1.54, 1.807) is 0 Å². The first kappa shape index (κ1) is 12.1. The molecule has 2 rings (SSSR count). The number of halogens is 1. The molecule has 2 aromatic rings. The third-order valence-electron chi connectivity index (χ3n) is 2.73. The molecule has 0 bridgehead atoms. The molecule has 0 aliphatic rings. The maximum atomic E-state index is 4.35. The molecule has 0 amide bonds. The Kier molecular flexibility index (Phi) is 3.48. The predicted molar refractivity (Wildman–Crippen MR) is 75.9 cm³/mol. The van der Waals surface area contributed by atoms with Gasteiger partial charge in [-0.25, -0.2) is 4.98 Å². The number of nitrogens with zero attached hydrogens (tertiary/aromatic N) is 1. The van der Waals surface area contributed by atoms with Crippen molar-refractivity contribution in [3.63, 3.8) is 0 Å². The largest absolute Gasteiger partial charge is 0.339 e. The van der Waals surface area contributed by atoms with E-state index in [-0.39, 0.29) is 0 Å². The highest BCUT2D eigenvalue weighted by Crippen LogP contribution is 2.28. The normalized spacial score (nSPS) is 10.4. The van der Waals surface area contributed by atoms with Gasteiger partial charge < -0.3 is 5.32 Å². The molecule has 0 saturated heterocycles. The lowest BCUT2D eigenvalue weighted by atomic mass is 10.1. The predicted octanol–water partition coefficient (Wildman–Crippen LogP) is 4.51. The topological polar surface area (TPSA) is 24.9 Å². The van der Waals surface area contributed by atoms with Crippen molar-refractivity contribution in [2.75, 3.05) is 5.32 Å². The highest BCUT2D eigenvalue weighted by atomic mass is 79.9. The quantitative estimate of drug-likeness (QED) is 0.880. The average Bonchev–Trinajstić information content (AvgIpc) is 2.30. The zero-order valence-electron chi connectivity index (χ0n) is 10.2. The van der Waals surface area contributed by atoms with Gasteiger partial charge >= 0.3 is 0 Å². The molecular weight excluding hydrogens is 276 g/mol. The van der Waals surface area contributed by atoms with Crippen LogP contribution in [0.15, 0.2) is 34.9 Å². The number of hydrogen-bond donors (Lipinski definition) is 1. The maximum absolute atomic E-state index is 4.35. The number of benzene rings is 1. The Labute approximate surface area is 110 Å². The van der Waals surface area contributed by atoms with Crippen LogP contribution in [0.2, 0.25) is 0 Å². The van der Waals surface area contributed by atoms with Crippen molar-refractivity contribution in [1.82, 2.24) is 4.98 Å². The smallest absolute Gasteiger partial charge is 0.144 e. The van der Waals surface area contributed by atoms with E-state index in [0.29, 0.717) is 0 Å². The number of rotatable bonds is 2. The van der Waals surface area contributed by atoms with Crippen LogP contribution in [0, 0.1) is 20.8 Å². The second-order valence-corrected chi connectivity index (χ2v) is 5.03. The molecule has 0 aliphatic carbocycles. The molecule has 0 saturated carbocycles. The van der Waals surface area contributed by atoms with E-state index in [0.717, 1.165) is 16.0 Å². The monoisotopic (exact) mass is 290 g/mol. The molecule has 0 spiro atoms. The summed E-state index contributed by atoms with van der Waals surface area (Å²) in [6.45, 7) is 6.23. The molecule has 0 aliphatic heterocycles. The molecule has 1 heterocycles. The summed E-state index contributed by atoms with van der Waals surface area (Å²) in [6, 6.07) is 8.34. The van der Waals surface area contributed by atoms with Gasteiger partial charge in [-0.15, -0.1) is 0 Å². The van der Waals surface area contributed by atoms with Gasteiger partial charge in [-0.1, -0.05) is 12.1 Å². The van der Waals surface area contributed by atoms with E-state index in [2.05, 4.69) is 65.2 Å². The first-order valence-electron chi connectivity index (χ1n) is 5.53. The van der Waals surface area contributed by atoms with Crippen LogP contribution < -0.4 is 5.32 Å². The third kappa shape index (κ3) is 2.67. The summed E-state index contributed by atoms with van der Waals surface area (Å²) in [5, 5.41) is 3.36. The fourth-order valence-corrected chi connectivity index (χ4v) is 1.96. The SMILES string of the molecule is Cc1ccc(C)c(Nc2nccc(C)c2Br)c1. The van der Waals surface area contributed by atoms with Crippen LogP contribution in [-0.4, -0.2) is 4.98 Å². The third-order valence-corrected chi connectivity index (χ3v) is 3.73. The van der Waals surface area contributed by atoms with E-state index >= 15 is 0 Å². The molecule has 2 nitrogen and oxygen atoms in total. The van der Waals surface area contributed by atoms with Crippen LogP contribution in [0.5, 0.6) is 0 Å². The van der Waals surface area contributed by atoms with Gasteiger partial charge in [0.1, 0.15) is 5.82 Å². The lowest BCUT2D eigenvalue weighted by Crippen LogP contribution is -1.98. The zero-order chi connectivity index (χ0) is 12.4. The maximum Gasteiger partial charge on any atom is 0.144 e. The summed E-state index contributed by atoms with van der Waals surface area (Å²) in [7, 11) is 0. The lowest BCUT2D eigenvalue weighted by Gasteiger charge is -2.12. The van der Waals surface area contributed by atoms with Crippen LogP contribution in [0.3, 0.4) is 0 Å². The van der Waals surface area contributed by atoms with E-state index in [4.69, 9.17) is 0 Å². The Morgan fingerprint density at radius 2 is 1.82 bits per heavy atom. The summed E-state index contributed by atoms with van der Waals surface area (Å²) in [4.78, 5) is 4.35. The Morgan fingerprint density at radius 3 is 2.59 bits per heavy atom. The van der Waals surface area contributed by atoms with E-state index in [1.165, 1.54) is 16.7 Å². The van der Waals surface area contributed by atoms with Gasteiger partial charge in [0.15, 0.2) is 0 Å². The first-order valence-corrected chi connectivity index (χ1v) is 6.32. The highest BCUT2D eigenvalue weighted by Gasteiger charge is 2.05. The molecule has 0 fully saturated rings. The van der Waals surface area contributed by atoms with Gasteiger partial charge in [-0.3, -0.25) is 0 Å². The fraction of sp³-hybridized carbons (Fsp3) is 0.214. The molecule has 1 aromatic heterocycles. The second kappa shape index (κ2) is 4.88. The number of aromatic nitrogens is 1. The number of aryl methyl sites for hydroxylation is 3. The molecule has 88 valence electrons. The average molecular weight is 291 g/mol. The van der Waals surface area contributed by atoms with Gasteiger partial charge in [0.25, 0.3) is 0 Å². The van der Waals surface area contributed by atoms with Crippen LogP contribution >= 0.6 is 15.9 Å².